The van der Waals surface area contributed by atoms with Crippen molar-refractivity contribution in [3.05, 3.63) is 166 Å². The van der Waals surface area contributed by atoms with Gasteiger partial charge in [0.1, 0.15) is 34.5 Å². The highest BCUT2D eigenvalue weighted by Gasteiger charge is 2.54. The number of fused-ring (bicyclic) bond motifs is 2. The molecule has 0 bridgehead atoms. The molecule has 0 saturated carbocycles. The molecule has 0 amide bonds. The van der Waals surface area contributed by atoms with Crippen LogP contribution in [0.2, 0.25) is 0 Å². The average Bonchev–Trinajstić information content (AvgIpc) is 3.89. The van der Waals surface area contributed by atoms with Crippen LogP contribution in [0, 0.1) is 55.4 Å². The Labute approximate surface area is 460 Å². The number of rotatable bonds is 15. The molecular weight excluding hydrogens is 1070 g/mol. The van der Waals surface area contributed by atoms with E-state index in [0.29, 0.717) is 67.5 Å². The zero-order valence-electron chi connectivity index (χ0n) is 45.9. The van der Waals surface area contributed by atoms with Crippen LogP contribution >= 0.6 is 14.3 Å². The maximum absolute atomic E-state index is 17.8. The maximum Gasteiger partial charge on any atom is 0.586 e. The smallest absolute Gasteiger partial charge is 0.496 e. The Morgan fingerprint density at radius 2 is 0.700 bits per heavy atom. The minimum absolute atomic E-state index is 0.110. The van der Waals surface area contributed by atoms with Gasteiger partial charge in [-0.05, 0) is 185 Å². The third-order valence-corrected chi connectivity index (χ3v) is 20.2. The second kappa shape index (κ2) is 20.6. The standard InChI is InChI=1S/C62H56F4O12P2/c1-33-23-43(24-34(2)52(33)69-9)79(67,44-25-35(3)53(70-10)36(4)26-44)49-32-48(73-41-19-15-13-16-20-41)57-59(77-62(65,66)76-57)51(49)47-31-50(58(74-42-21-17-14-18-22-42)60-56(47)75-61(63,64)78-60)80(68,45-27-37(5)54(71-11)38(6)28-45)46-29-39(7)55(72-12)40(8)30-46/h13-32H,1-12H3. The molecule has 8 aromatic rings. The van der Waals surface area contributed by atoms with Crippen molar-refractivity contribution in [2.24, 2.45) is 0 Å². The summed E-state index contributed by atoms with van der Waals surface area (Å²) in [6.45, 7) is 14.1. The summed E-state index contributed by atoms with van der Waals surface area (Å²) < 4.78 is 160. The Kier molecular flexibility index (Phi) is 14.2. The number of ether oxygens (including phenoxy) is 10. The van der Waals surface area contributed by atoms with Gasteiger partial charge in [0.2, 0.25) is 11.5 Å². The molecule has 0 radical (unpaired) electrons. The van der Waals surface area contributed by atoms with E-state index in [9.17, 15) is 0 Å². The minimum Gasteiger partial charge on any atom is -0.496 e. The van der Waals surface area contributed by atoms with Crippen molar-refractivity contribution in [1.82, 2.24) is 0 Å². The molecule has 0 aromatic heterocycles. The van der Waals surface area contributed by atoms with E-state index < -0.39 is 66.7 Å². The number of hydrogen-bond acceptors (Lipinski definition) is 12. The Hall–Kier alpha value is -8.06. The van der Waals surface area contributed by atoms with E-state index in [-0.39, 0.29) is 49.1 Å². The summed E-state index contributed by atoms with van der Waals surface area (Å²) >= 11 is 0. The fourth-order valence-electron chi connectivity index (χ4n) is 11.0. The molecule has 0 spiro atoms. The molecular formula is C62H56F4O12P2. The number of halogens is 4. The molecule has 2 aliphatic heterocycles. The van der Waals surface area contributed by atoms with Crippen molar-refractivity contribution in [2.45, 2.75) is 68.0 Å². The fraction of sp³-hybridized carbons (Fsp3) is 0.226. The minimum atomic E-state index is -4.68. The van der Waals surface area contributed by atoms with Gasteiger partial charge in [0, 0.05) is 37.6 Å². The lowest BCUT2D eigenvalue weighted by Gasteiger charge is -2.29. The SMILES string of the molecule is COc1c(C)cc(P(=O)(c2cc(C)c(OC)c(C)c2)c2cc(-c3c(P(=O)(c4cc(C)c(OC)c(C)c4)c4cc(C)c(OC)c(C)c4)cc(Oc4ccccc4)c4c3OC(F)(F)O4)c3c(c2Oc2ccccc2)OC(F)(F)O3)cc1C. The third-order valence-electron chi connectivity index (χ3n) is 14.2. The predicted octanol–water partition coefficient (Wildman–Crippen LogP) is 13.4. The molecule has 2 heterocycles. The number of benzene rings is 8. The first-order valence-electron chi connectivity index (χ1n) is 25.2. The van der Waals surface area contributed by atoms with Crippen LogP contribution in [0.4, 0.5) is 17.6 Å². The van der Waals surface area contributed by atoms with Crippen LogP contribution in [0.15, 0.2) is 121 Å². The lowest BCUT2D eigenvalue weighted by Crippen LogP contribution is -2.29. The summed E-state index contributed by atoms with van der Waals surface area (Å²) in [5, 5.41) is 0.168. The quantitative estimate of drug-likeness (QED) is 0.0716. The number of alkyl halides is 4. The Morgan fingerprint density at radius 3 is 1.07 bits per heavy atom. The summed E-state index contributed by atoms with van der Waals surface area (Å²) in [4.78, 5) is 0. The molecule has 8 aromatic carbocycles. The molecule has 0 aliphatic carbocycles. The molecule has 414 valence electrons. The van der Waals surface area contributed by atoms with Crippen LogP contribution in [0.3, 0.4) is 0 Å². The summed E-state index contributed by atoms with van der Waals surface area (Å²) in [6, 6.07) is 32.1. The van der Waals surface area contributed by atoms with Crippen molar-refractivity contribution in [3.8, 4) is 80.1 Å². The number of aryl methyl sites for hydroxylation is 8. The zero-order valence-corrected chi connectivity index (χ0v) is 47.6. The van der Waals surface area contributed by atoms with Crippen LogP contribution in [0.25, 0.3) is 11.1 Å². The van der Waals surface area contributed by atoms with Crippen LogP contribution in [-0.2, 0) is 9.13 Å². The summed E-state index contributed by atoms with van der Waals surface area (Å²) in [6.07, 6.45) is -8.92. The van der Waals surface area contributed by atoms with E-state index in [1.165, 1.54) is 40.6 Å². The normalized spacial score (nSPS) is 13.9. The monoisotopic (exact) mass is 1130 g/mol. The molecule has 0 atom stereocenters. The molecule has 0 unspecified atom stereocenters. The number of methoxy groups -OCH3 is 4. The van der Waals surface area contributed by atoms with Crippen LogP contribution in [-0.4, -0.2) is 41.0 Å². The van der Waals surface area contributed by atoms with Crippen molar-refractivity contribution in [2.75, 3.05) is 28.4 Å². The summed E-state index contributed by atoms with van der Waals surface area (Å²) in [7, 11) is -3.29. The van der Waals surface area contributed by atoms with E-state index in [1.54, 1.807) is 165 Å². The Balaban J connectivity index is 1.45. The van der Waals surface area contributed by atoms with Gasteiger partial charge in [-0.2, -0.15) is 0 Å². The van der Waals surface area contributed by atoms with Crippen molar-refractivity contribution < 1.29 is 74.1 Å². The van der Waals surface area contributed by atoms with E-state index in [2.05, 4.69) is 0 Å². The highest BCUT2D eigenvalue weighted by atomic mass is 31.2. The van der Waals surface area contributed by atoms with Crippen LogP contribution in [0.5, 0.6) is 69.0 Å². The molecule has 10 rings (SSSR count). The summed E-state index contributed by atoms with van der Waals surface area (Å²) in [5.41, 5.74) is 3.53. The van der Waals surface area contributed by atoms with E-state index in [1.807, 2.05) is 0 Å². The molecule has 0 fully saturated rings. The van der Waals surface area contributed by atoms with Crippen molar-refractivity contribution in [3.63, 3.8) is 0 Å². The molecule has 0 N–H and O–H groups in total. The van der Waals surface area contributed by atoms with Gasteiger partial charge < -0.3 is 56.5 Å². The van der Waals surface area contributed by atoms with Gasteiger partial charge in [0.05, 0.1) is 33.7 Å². The fourth-order valence-corrected chi connectivity index (χ4v) is 17.3. The van der Waals surface area contributed by atoms with Gasteiger partial charge in [-0.15, -0.1) is 17.6 Å². The number of para-hydroxylation sites is 2. The summed E-state index contributed by atoms with van der Waals surface area (Å²) in [5.74, 6) is -1.64. The highest BCUT2D eigenvalue weighted by Crippen LogP contribution is 2.63. The van der Waals surface area contributed by atoms with Gasteiger partial charge >= 0.3 is 12.6 Å². The first-order chi connectivity index (χ1) is 38.0. The van der Waals surface area contributed by atoms with E-state index >= 15 is 26.7 Å². The lowest BCUT2D eigenvalue weighted by atomic mass is 10.0. The highest BCUT2D eigenvalue weighted by molar-refractivity contribution is 7.86. The predicted molar refractivity (Wildman–Crippen MR) is 300 cm³/mol. The average molecular weight is 1130 g/mol. The second-order valence-corrected chi connectivity index (χ2v) is 25.2. The van der Waals surface area contributed by atoms with Crippen molar-refractivity contribution >= 4 is 46.1 Å². The Bertz CT molecular complexity index is 3690. The maximum atomic E-state index is 17.8. The molecule has 12 nitrogen and oxygen atoms in total. The van der Waals surface area contributed by atoms with Gasteiger partial charge in [-0.3, -0.25) is 0 Å². The lowest BCUT2D eigenvalue weighted by molar-refractivity contribution is -0.288. The third kappa shape index (κ3) is 9.41. The molecule has 2 aliphatic rings. The van der Waals surface area contributed by atoms with Crippen LogP contribution < -0.4 is 79.2 Å². The number of hydrogen-bond donors (Lipinski definition) is 0. The zero-order chi connectivity index (χ0) is 57.4. The topological polar surface area (TPSA) is 126 Å². The first kappa shape index (κ1) is 55.3. The Morgan fingerprint density at radius 1 is 0.375 bits per heavy atom. The first-order valence-corrected chi connectivity index (χ1v) is 28.6. The molecule has 0 saturated heterocycles. The molecule has 80 heavy (non-hydrogen) atoms. The second-order valence-electron chi connectivity index (χ2n) is 19.7. The van der Waals surface area contributed by atoms with Crippen molar-refractivity contribution in [1.29, 1.82) is 0 Å². The molecule has 18 heteroatoms. The van der Waals surface area contributed by atoms with Crippen LogP contribution in [0.1, 0.15) is 44.5 Å². The van der Waals surface area contributed by atoms with Gasteiger partial charge in [-0.25, -0.2) is 0 Å². The van der Waals surface area contributed by atoms with Gasteiger partial charge in [0.15, 0.2) is 37.3 Å². The van der Waals surface area contributed by atoms with Gasteiger partial charge in [-0.1, -0.05) is 36.4 Å². The van der Waals surface area contributed by atoms with E-state index in [4.69, 9.17) is 47.4 Å². The van der Waals surface area contributed by atoms with E-state index in [0.717, 1.165) is 0 Å². The largest absolute Gasteiger partial charge is 0.586 e. The van der Waals surface area contributed by atoms with Gasteiger partial charge in [0.25, 0.3) is 0 Å².